The predicted octanol–water partition coefficient (Wildman–Crippen LogP) is 2.85. The van der Waals surface area contributed by atoms with Crippen LogP contribution in [-0.2, 0) is 0 Å². The fourth-order valence-corrected chi connectivity index (χ4v) is 0.596. The van der Waals surface area contributed by atoms with E-state index in [2.05, 4.69) is 25.4 Å². The van der Waals surface area contributed by atoms with Crippen LogP contribution in [0.4, 0.5) is 0 Å². The fourth-order valence-electron chi connectivity index (χ4n) is 0.596. The lowest BCUT2D eigenvalue weighted by Crippen LogP contribution is -1.89. The van der Waals surface area contributed by atoms with E-state index in [1.54, 1.807) is 6.08 Å². The normalized spacial score (nSPS) is 11.9. The molecule has 0 N–H and O–H groups in total. The van der Waals surface area contributed by atoms with Crippen molar-refractivity contribution in [2.24, 2.45) is 10.9 Å². The van der Waals surface area contributed by atoms with Crippen molar-refractivity contribution in [2.75, 3.05) is 6.54 Å². The van der Waals surface area contributed by atoms with Gasteiger partial charge in [0, 0.05) is 12.8 Å². The third kappa shape index (κ3) is 9.15. The van der Waals surface area contributed by atoms with Crippen LogP contribution in [0.1, 0.15) is 20.3 Å². The molecular formula is C10H17N. The third-order valence-electron chi connectivity index (χ3n) is 1.27. The van der Waals surface area contributed by atoms with Gasteiger partial charge in [0.15, 0.2) is 0 Å². The van der Waals surface area contributed by atoms with Gasteiger partial charge in [0.1, 0.15) is 0 Å². The Kier molecular flexibility index (Phi) is 6.70. The van der Waals surface area contributed by atoms with Crippen LogP contribution in [0.15, 0.2) is 29.8 Å². The SMILES string of the molecule is C=C/C=C\C=N/CCC(C)C. The lowest BCUT2D eigenvalue weighted by atomic mass is 10.1. The minimum Gasteiger partial charge on any atom is -0.293 e. The summed E-state index contributed by atoms with van der Waals surface area (Å²) in [5.41, 5.74) is 0. The predicted molar refractivity (Wildman–Crippen MR) is 52.2 cm³/mol. The van der Waals surface area contributed by atoms with Crippen molar-refractivity contribution >= 4 is 6.21 Å². The highest BCUT2D eigenvalue weighted by Crippen LogP contribution is 1.97. The van der Waals surface area contributed by atoms with Crippen molar-refractivity contribution in [3.05, 3.63) is 24.8 Å². The van der Waals surface area contributed by atoms with Crippen molar-refractivity contribution in [3.8, 4) is 0 Å². The number of aliphatic imine (C=N–C) groups is 1. The zero-order valence-corrected chi connectivity index (χ0v) is 7.46. The molecule has 62 valence electrons. The molecule has 0 aromatic heterocycles. The van der Waals surface area contributed by atoms with Gasteiger partial charge in [0.2, 0.25) is 0 Å². The summed E-state index contributed by atoms with van der Waals surface area (Å²) >= 11 is 0. The maximum absolute atomic E-state index is 4.19. The van der Waals surface area contributed by atoms with E-state index in [1.807, 2.05) is 18.4 Å². The Hall–Kier alpha value is -0.850. The second-order valence-electron chi connectivity index (χ2n) is 2.86. The quantitative estimate of drug-likeness (QED) is 0.423. The number of rotatable bonds is 5. The Morgan fingerprint density at radius 3 is 2.64 bits per heavy atom. The van der Waals surface area contributed by atoms with E-state index in [9.17, 15) is 0 Å². The van der Waals surface area contributed by atoms with Crippen LogP contribution in [-0.4, -0.2) is 12.8 Å². The van der Waals surface area contributed by atoms with Gasteiger partial charge in [0.05, 0.1) is 0 Å². The Labute approximate surface area is 69.5 Å². The molecule has 0 unspecified atom stereocenters. The molecule has 1 heteroatoms. The molecule has 0 rings (SSSR count). The first-order valence-electron chi connectivity index (χ1n) is 4.05. The van der Waals surface area contributed by atoms with Crippen LogP contribution in [0, 0.1) is 5.92 Å². The summed E-state index contributed by atoms with van der Waals surface area (Å²) in [6.45, 7) is 8.89. The van der Waals surface area contributed by atoms with Crippen LogP contribution in [0.3, 0.4) is 0 Å². The average Bonchev–Trinajstić information content (AvgIpc) is 1.96. The zero-order chi connectivity index (χ0) is 8.53. The summed E-state index contributed by atoms with van der Waals surface area (Å²) in [6.07, 6.45) is 8.50. The largest absolute Gasteiger partial charge is 0.293 e. The molecule has 0 radical (unpaired) electrons. The molecule has 0 aliphatic rings. The molecule has 0 heterocycles. The van der Waals surface area contributed by atoms with Crippen LogP contribution in [0.2, 0.25) is 0 Å². The lowest BCUT2D eigenvalue weighted by molar-refractivity contribution is 0.598. The minimum atomic E-state index is 0.746. The maximum Gasteiger partial charge on any atom is 0.0391 e. The van der Waals surface area contributed by atoms with Crippen LogP contribution >= 0.6 is 0 Å². The number of nitrogens with zero attached hydrogens (tertiary/aromatic N) is 1. The molecule has 1 nitrogen and oxygen atoms in total. The van der Waals surface area contributed by atoms with E-state index in [1.165, 1.54) is 6.42 Å². The first-order valence-corrected chi connectivity index (χ1v) is 4.05. The van der Waals surface area contributed by atoms with Gasteiger partial charge in [-0.3, -0.25) is 4.99 Å². The molecular weight excluding hydrogens is 134 g/mol. The second kappa shape index (κ2) is 7.26. The van der Waals surface area contributed by atoms with Crippen molar-refractivity contribution < 1.29 is 0 Å². The third-order valence-corrected chi connectivity index (χ3v) is 1.27. The van der Waals surface area contributed by atoms with Crippen LogP contribution in [0.5, 0.6) is 0 Å². The lowest BCUT2D eigenvalue weighted by Gasteiger charge is -1.97. The van der Waals surface area contributed by atoms with E-state index < -0.39 is 0 Å². The molecule has 0 saturated heterocycles. The maximum atomic E-state index is 4.19. The first kappa shape index (κ1) is 10.2. The number of allylic oxidation sites excluding steroid dienone is 3. The molecule has 0 aliphatic carbocycles. The smallest absolute Gasteiger partial charge is 0.0391 e. The summed E-state index contributed by atoms with van der Waals surface area (Å²) < 4.78 is 0. The van der Waals surface area contributed by atoms with Crippen molar-refractivity contribution in [2.45, 2.75) is 20.3 Å². The van der Waals surface area contributed by atoms with Crippen molar-refractivity contribution in [3.63, 3.8) is 0 Å². The van der Waals surface area contributed by atoms with Gasteiger partial charge in [-0.15, -0.1) is 0 Å². The molecule has 0 fully saturated rings. The first-order chi connectivity index (χ1) is 5.27. The highest BCUT2D eigenvalue weighted by Gasteiger charge is 1.88. The molecule has 0 aromatic rings. The van der Waals surface area contributed by atoms with Crippen LogP contribution in [0.25, 0.3) is 0 Å². The number of hydrogen-bond acceptors (Lipinski definition) is 1. The Bertz CT molecular complexity index is 143. The molecule has 0 spiro atoms. The standard InChI is InChI=1S/C10H17N/c1-4-5-6-8-11-9-7-10(2)3/h4-6,8,10H,1,7,9H2,2-3H3/b6-5-,11-8-. The monoisotopic (exact) mass is 151 g/mol. The van der Waals surface area contributed by atoms with E-state index in [0.717, 1.165) is 12.5 Å². The second-order valence-corrected chi connectivity index (χ2v) is 2.86. The minimum absolute atomic E-state index is 0.746. The van der Waals surface area contributed by atoms with Gasteiger partial charge >= 0.3 is 0 Å². The van der Waals surface area contributed by atoms with Gasteiger partial charge in [-0.25, -0.2) is 0 Å². The molecule has 0 bridgehead atoms. The summed E-state index contributed by atoms with van der Waals surface area (Å²) in [6, 6.07) is 0. The molecule has 11 heavy (non-hydrogen) atoms. The number of hydrogen-bond donors (Lipinski definition) is 0. The molecule has 0 aliphatic heterocycles. The van der Waals surface area contributed by atoms with Gasteiger partial charge < -0.3 is 0 Å². The van der Waals surface area contributed by atoms with Crippen molar-refractivity contribution in [1.82, 2.24) is 0 Å². The highest BCUT2D eigenvalue weighted by molar-refractivity contribution is 5.71. The summed E-state index contributed by atoms with van der Waals surface area (Å²) in [5, 5.41) is 0. The van der Waals surface area contributed by atoms with Gasteiger partial charge in [-0.2, -0.15) is 0 Å². The zero-order valence-electron chi connectivity index (χ0n) is 7.46. The Balaban J connectivity index is 3.30. The fraction of sp³-hybridized carbons (Fsp3) is 0.500. The summed E-state index contributed by atoms with van der Waals surface area (Å²) in [4.78, 5) is 4.19. The molecule has 0 saturated carbocycles. The van der Waals surface area contributed by atoms with E-state index in [4.69, 9.17) is 0 Å². The Morgan fingerprint density at radius 1 is 1.36 bits per heavy atom. The summed E-state index contributed by atoms with van der Waals surface area (Å²) in [5.74, 6) is 0.746. The topological polar surface area (TPSA) is 12.4 Å². The van der Waals surface area contributed by atoms with Gasteiger partial charge in [0.25, 0.3) is 0 Å². The Morgan fingerprint density at radius 2 is 2.09 bits per heavy atom. The highest BCUT2D eigenvalue weighted by atomic mass is 14.7. The average molecular weight is 151 g/mol. The van der Waals surface area contributed by atoms with Crippen molar-refractivity contribution in [1.29, 1.82) is 0 Å². The molecule has 0 atom stereocenters. The van der Waals surface area contributed by atoms with E-state index >= 15 is 0 Å². The molecule has 0 amide bonds. The van der Waals surface area contributed by atoms with Gasteiger partial charge in [-0.1, -0.05) is 32.6 Å². The van der Waals surface area contributed by atoms with E-state index in [0.29, 0.717) is 0 Å². The van der Waals surface area contributed by atoms with Gasteiger partial charge in [-0.05, 0) is 18.4 Å². The van der Waals surface area contributed by atoms with E-state index in [-0.39, 0.29) is 0 Å². The summed E-state index contributed by atoms with van der Waals surface area (Å²) in [7, 11) is 0. The van der Waals surface area contributed by atoms with Crippen LogP contribution < -0.4 is 0 Å². The molecule has 0 aromatic carbocycles.